The summed E-state index contributed by atoms with van der Waals surface area (Å²) >= 11 is 18.3. The van der Waals surface area contributed by atoms with E-state index in [4.69, 9.17) is 39.2 Å². The molecule has 3 aromatic rings. The van der Waals surface area contributed by atoms with Crippen LogP contribution in [0, 0.1) is 0 Å². The van der Waals surface area contributed by atoms with E-state index in [0.29, 0.717) is 10.7 Å². The van der Waals surface area contributed by atoms with Crippen molar-refractivity contribution in [3.63, 3.8) is 0 Å². The fourth-order valence-electron chi connectivity index (χ4n) is 3.29. The molecule has 3 heterocycles. The van der Waals surface area contributed by atoms with Gasteiger partial charge in [-0.3, -0.25) is 4.79 Å². The van der Waals surface area contributed by atoms with Crippen LogP contribution in [0.15, 0.2) is 52.0 Å². The minimum Gasteiger partial charge on any atom is -0.467 e. The number of benzene rings is 1. The molecule has 0 spiro atoms. The van der Waals surface area contributed by atoms with Gasteiger partial charge in [0.15, 0.2) is 0 Å². The third-order valence-electron chi connectivity index (χ3n) is 4.49. The predicted molar refractivity (Wildman–Crippen MR) is 103 cm³/mol. The highest BCUT2D eigenvalue weighted by Gasteiger charge is 2.29. The van der Waals surface area contributed by atoms with Crippen LogP contribution in [-0.2, 0) is 0 Å². The molecule has 1 aliphatic rings. The van der Waals surface area contributed by atoms with Gasteiger partial charge in [0.05, 0.1) is 39.9 Å². The fraction of sp³-hybridized carbons (Fsp3) is 0.222. The van der Waals surface area contributed by atoms with Gasteiger partial charge < -0.3 is 9.32 Å². The van der Waals surface area contributed by atoms with Crippen LogP contribution in [0.5, 0.6) is 0 Å². The highest BCUT2D eigenvalue weighted by Crippen LogP contribution is 2.40. The highest BCUT2D eigenvalue weighted by atomic mass is 35.5. The summed E-state index contributed by atoms with van der Waals surface area (Å²) in [5, 5.41) is 4.61. The van der Waals surface area contributed by atoms with E-state index in [0.717, 1.165) is 30.8 Å². The Morgan fingerprint density at radius 1 is 1.15 bits per heavy atom. The van der Waals surface area contributed by atoms with Crippen molar-refractivity contribution >= 4 is 40.5 Å². The molecule has 5 nitrogen and oxygen atoms in total. The first-order valence-electron chi connectivity index (χ1n) is 8.09. The summed E-state index contributed by atoms with van der Waals surface area (Å²) < 4.78 is 6.75. The normalized spacial score (nSPS) is 17.0. The molecule has 0 radical (unpaired) electrons. The molecule has 0 aliphatic carbocycles. The maximum absolute atomic E-state index is 12.3. The molecule has 0 saturated carbocycles. The Balaban J connectivity index is 1.71. The molecule has 1 saturated heterocycles. The first kappa shape index (κ1) is 17.5. The van der Waals surface area contributed by atoms with Gasteiger partial charge in [-0.15, -0.1) is 0 Å². The maximum Gasteiger partial charge on any atom is 0.291 e. The average molecular weight is 411 g/mol. The number of hydrogen-bond donors (Lipinski definition) is 0. The van der Waals surface area contributed by atoms with E-state index in [-0.39, 0.29) is 16.1 Å². The van der Waals surface area contributed by atoms with Gasteiger partial charge in [-0.2, -0.15) is 9.78 Å². The Morgan fingerprint density at radius 3 is 2.73 bits per heavy atom. The minimum atomic E-state index is -0.488. The Hall–Kier alpha value is -1.95. The molecule has 0 unspecified atom stereocenters. The van der Waals surface area contributed by atoms with E-state index in [1.54, 1.807) is 18.4 Å². The van der Waals surface area contributed by atoms with Crippen molar-refractivity contribution in [3.8, 4) is 5.69 Å². The van der Waals surface area contributed by atoms with Crippen LogP contribution in [-0.4, -0.2) is 16.3 Å². The minimum absolute atomic E-state index is 0.0701. The average Bonchev–Trinajstić information content (AvgIpc) is 3.31. The van der Waals surface area contributed by atoms with E-state index < -0.39 is 5.56 Å². The van der Waals surface area contributed by atoms with Crippen molar-refractivity contribution in [1.82, 2.24) is 9.78 Å². The smallest absolute Gasteiger partial charge is 0.291 e. The molecule has 1 aliphatic heterocycles. The summed E-state index contributed by atoms with van der Waals surface area (Å²) in [7, 11) is 0. The number of rotatable bonds is 3. The number of aromatic nitrogens is 2. The molecule has 1 atom stereocenters. The standard InChI is InChI=1S/C18H14Cl3N3O2/c19-12-9-11(24-18(25)17(21)13(20)10-22-24)5-6-14(12)23-7-1-3-15(23)16-4-2-8-26-16/h2,4-6,8-10,15H,1,3,7H2/t15-/m0/s1. The van der Waals surface area contributed by atoms with Crippen LogP contribution in [0.25, 0.3) is 5.69 Å². The van der Waals surface area contributed by atoms with Crippen molar-refractivity contribution in [1.29, 1.82) is 0 Å². The summed E-state index contributed by atoms with van der Waals surface area (Å²) in [6, 6.07) is 9.39. The summed E-state index contributed by atoms with van der Waals surface area (Å²) in [6.07, 6.45) is 5.07. The second-order valence-corrected chi connectivity index (χ2v) is 7.22. The summed E-state index contributed by atoms with van der Waals surface area (Å²) in [5.41, 5.74) is 0.927. The molecule has 0 amide bonds. The lowest BCUT2D eigenvalue weighted by Gasteiger charge is -2.26. The molecule has 4 rings (SSSR count). The van der Waals surface area contributed by atoms with Crippen molar-refractivity contribution in [2.45, 2.75) is 18.9 Å². The molecule has 1 aromatic carbocycles. The second-order valence-electron chi connectivity index (χ2n) is 6.03. The van der Waals surface area contributed by atoms with Gasteiger partial charge in [0.25, 0.3) is 5.56 Å². The summed E-state index contributed by atoms with van der Waals surface area (Å²) in [6.45, 7) is 0.884. The third kappa shape index (κ3) is 3.00. The zero-order valence-corrected chi connectivity index (χ0v) is 15.8. The van der Waals surface area contributed by atoms with Gasteiger partial charge >= 0.3 is 0 Å². The largest absolute Gasteiger partial charge is 0.467 e. The number of nitrogens with zero attached hydrogens (tertiary/aromatic N) is 3. The Morgan fingerprint density at radius 2 is 2.00 bits per heavy atom. The fourth-order valence-corrected chi connectivity index (χ4v) is 3.83. The van der Waals surface area contributed by atoms with Gasteiger partial charge in [0.2, 0.25) is 0 Å². The summed E-state index contributed by atoms with van der Waals surface area (Å²) in [4.78, 5) is 14.5. The van der Waals surface area contributed by atoms with E-state index in [1.807, 2.05) is 18.2 Å². The molecular formula is C18H14Cl3N3O2. The van der Waals surface area contributed by atoms with E-state index in [2.05, 4.69) is 10.00 Å². The van der Waals surface area contributed by atoms with Gasteiger partial charge in [-0.05, 0) is 43.2 Å². The van der Waals surface area contributed by atoms with Crippen molar-refractivity contribution in [2.24, 2.45) is 0 Å². The monoisotopic (exact) mass is 409 g/mol. The first-order valence-corrected chi connectivity index (χ1v) is 9.23. The molecule has 8 heteroatoms. The number of anilines is 1. The summed E-state index contributed by atoms with van der Waals surface area (Å²) in [5.74, 6) is 0.921. The van der Waals surface area contributed by atoms with E-state index >= 15 is 0 Å². The Bertz CT molecular complexity index is 1000. The van der Waals surface area contributed by atoms with Crippen LogP contribution >= 0.6 is 34.8 Å². The molecule has 0 N–H and O–H groups in total. The van der Waals surface area contributed by atoms with Gasteiger partial charge in [-0.25, -0.2) is 0 Å². The zero-order valence-electron chi connectivity index (χ0n) is 13.5. The lowest BCUT2D eigenvalue weighted by atomic mass is 10.1. The number of furan rings is 1. The molecule has 1 fully saturated rings. The maximum atomic E-state index is 12.3. The van der Waals surface area contributed by atoms with Gasteiger partial charge in [0, 0.05) is 6.54 Å². The van der Waals surface area contributed by atoms with Gasteiger partial charge in [-0.1, -0.05) is 34.8 Å². The highest BCUT2D eigenvalue weighted by molar-refractivity contribution is 6.41. The van der Waals surface area contributed by atoms with Crippen molar-refractivity contribution in [3.05, 3.63) is 74.0 Å². The van der Waals surface area contributed by atoms with Crippen LogP contribution < -0.4 is 10.5 Å². The molecular weight excluding hydrogens is 397 g/mol. The van der Waals surface area contributed by atoms with Crippen LogP contribution in [0.2, 0.25) is 15.1 Å². The zero-order chi connectivity index (χ0) is 18.3. The molecule has 134 valence electrons. The predicted octanol–water partition coefficient (Wildman–Crippen LogP) is 5.13. The number of halogens is 3. The van der Waals surface area contributed by atoms with Crippen LogP contribution in [0.3, 0.4) is 0 Å². The quantitative estimate of drug-likeness (QED) is 0.601. The third-order valence-corrected chi connectivity index (χ3v) is 5.54. The van der Waals surface area contributed by atoms with Gasteiger partial charge in [0.1, 0.15) is 10.8 Å². The molecule has 0 bridgehead atoms. The van der Waals surface area contributed by atoms with Crippen molar-refractivity contribution in [2.75, 3.05) is 11.4 Å². The molecule has 26 heavy (non-hydrogen) atoms. The lowest BCUT2D eigenvalue weighted by Crippen LogP contribution is -2.23. The van der Waals surface area contributed by atoms with Crippen molar-refractivity contribution < 1.29 is 4.42 Å². The second kappa shape index (κ2) is 6.99. The molecule has 2 aromatic heterocycles. The topological polar surface area (TPSA) is 51.3 Å². The Kier molecular flexibility index (Phi) is 4.69. The van der Waals surface area contributed by atoms with E-state index in [9.17, 15) is 4.79 Å². The van der Waals surface area contributed by atoms with Crippen LogP contribution in [0.4, 0.5) is 5.69 Å². The van der Waals surface area contributed by atoms with E-state index in [1.165, 1.54) is 10.9 Å². The Labute approximate surface area is 164 Å². The first-order chi connectivity index (χ1) is 12.6. The lowest BCUT2D eigenvalue weighted by molar-refractivity contribution is 0.465. The van der Waals surface area contributed by atoms with Crippen LogP contribution in [0.1, 0.15) is 24.6 Å². The SMILES string of the molecule is O=c1c(Cl)c(Cl)cnn1-c1ccc(N2CCC[C@H]2c2ccco2)c(Cl)c1. The number of hydrogen-bond acceptors (Lipinski definition) is 4.